The van der Waals surface area contributed by atoms with E-state index in [-0.39, 0.29) is 226 Å². The van der Waals surface area contributed by atoms with Gasteiger partial charge in [-0.25, -0.2) is 9.59 Å². The van der Waals surface area contributed by atoms with Crippen LogP contribution in [0, 0.1) is 0 Å². The Hall–Kier alpha value is 5.89. The van der Waals surface area contributed by atoms with Crippen molar-refractivity contribution in [2.75, 3.05) is 0 Å². The molecule has 0 aliphatic rings. The van der Waals surface area contributed by atoms with Crippen LogP contribution in [0.3, 0.4) is 0 Å². The first-order chi connectivity index (χ1) is 9.57. The second kappa shape index (κ2) is 97.8. The Morgan fingerprint density at radius 2 is 0.353 bits per heavy atom. The zero-order valence-electron chi connectivity index (χ0n) is 21.9. The number of rotatable bonds is 0. The van der Waals surface area contributed by atoms with Gasteiger partial charge in [-0.15, -0.1) is 0 Å². The summed E-state index contributed by atoms with van der Waals surface area (Å²) >= 11 is 0. The van der Waals surface area contributed by atoms with Crippen LogP contribution in [0.15, 0.2) is 0 Å². The molecule has 0 saturated heterocycles. The molecular formula is C2H2B4Li12O16. The SMILES string of the molecule is O=C(O)C(=O)O.[Li+].[Li+].[Li+].[Li+].[Li+].[Li+].[Li+].[Li+].[Li+].[Li+].[Li+].[Li+].[O-]B([O-])[O-].[O-]B([O-])[O-].[O-]B([O-])[O-].[O-]B([O-])[O-]. The Labute approximate surface area is 342 Å². The van der Waals surface area contributed by atoms with Crippen molar-refractivity contribution in [3.63, 3.8) is 0 Å². The molecule has 16 nitrogen and oxygen atoms in total. The van der Waals surface area contributed by atoms with Gasteiger partial charge in [0.2, 0.25) is 0 Å². The summed E-state index contributed by atoms with van der Waals surface area (Å²) in [4.78, 5) is 18.2. The van der Waals surface area contributed by atoms with E-state index in [2.05, 4.69) is 0 Å². The van der Waals surface area contributed by atoms with Crippen molar-refractivity contribution >= 4 is 41.2 Å². The molecule has 32 heteroatoms. The van der Waals surface area contributed by atoms with Gasteiger partial charge in [0.1, 0.15) is 0 Å². The van der Waals surface area contributed by atoms with E-state index in [1.807, 2.05) is 0 Å². The van der Waals surface area contributed by atoms with Crippen molar-refractivity contribution in [2.45, 2.75) is 0 Å². The fourth-order valence-electron chi connectivity index (χ4n) is 0. The molecule has 0 saturated carbocycles. The minimum absolute atomic E-state index is 0. The molecule has 0 aliphatic heterocycles. The fourth-order valence-corrected chi connectivity index (χ4v) is 0. The molecule has 0 heterocycles. The molecule has 0 rings (SSSR count). The summed E-state index contributed by atoms with van der Waals surface area (Å²) in [6, 6.07) is 0. The average Bonchev–Trinajstić information content (AvgIpc) is 2.12. The van der Waals surface area contributed by atoms with Crippen LogP contribution in [0.25, 0.3) is 0 Å². The van der Waals surface area contributed by atoms with E-state index in [1.165, 1.54) is 0 Å². The summed E-state index contributed by atoms with van der Waals surface area (Å²) in [5.74, 6) is -3.65. The normalized spacial score (nSPS) is 4.47. The number of carboxylic acid groups (broad SMARTS) is 2. The first kappa shape index (κ1) is 115. The van der Waals surface area contributed by atoms with E-state index < -0.39 is 41.2 Å². The monoisotopic (exact) mass is 410 g/mol. The minimum atomic E-state index is -2.92. The molecule has 0 aliphatic carbocycles. The first-order valence-electron chi connectivity index (χ1n) is 3.93. The van der Waals surface area contributed by atoms with Gasteiger partial charge in [0.25, 0.3) is 0 Å². The molecule has 2 N–H and O–H groups in total. The molecule has 0 aromatic heterocycles. The minimum Gasteiger partial charge on any atom is -0.907 e. The van der Waals surface area contributed by atoms with Crippen molar-refractivity contribution in [3.8, 4) is 0 Å². The van der Waals surface area contributed by atoms with Gasteiger partial charge in [0.05, 0.1) is 0 Å². The summed E-state index contributed by atoms with van der Waals surface area (Å²) in [5.41, 5.74) is 0. The first-order valence-corrected chi connectivity index (χ1v) is 3.93. The molecule has 0 bridgehead atoms. The molecule has 0 radical (unpaired) electrons. The van der Waals surface area contributed by atoms with Crippen molar-refractivity contribution in [1.82, 2.24) is 0 Å². The maximum Gasteiger partial charge on any atom is 1.00 e. The Bertz CT molecular complexity index is 213. The zero-order valence-corrected chi connectivity index (χ0v) is 21.9. The predicted molar refractivity (Wildman–Crippen MR) is 38.3 cm³/mol. The van der Waals surface area contributed by atoms with Gasteiger partial charge in [-0.05, 0) is 0 Å². The molecule has 0 spiro atoms. The summed E-state index contributed by atoms with van der Waals surface area (Å²) in [6.45, 7) is 0. The van der Waals surface area contributed by atoms with Crippen molar-refractivity contribution in [1.29, 1.82) is 0 Å². The van der Waals surface area contributed by atoms with E-state index in [9.17, 15) is 0 Å². The van der Waals surface area contributed by atoms with Crippen LogP contribution in [0.5, 0.6) is 0 Å². The van der Waals surface area contributed by atoms with Crippen molar-refractivity contribution in [2.24, 2.45) is 0 Å². The van der Waals surface area contributed by atoms with Gasteiger partial charge in [0, 0.05) is 0 Å². The number of aliphatic carboxylic acids is 2. The van der Waals surface area contributed by atoms with Gasteiger partial charge < -0.3 is 70.5 Å². The largest absolute Gasteiger partial charge is 1.00 e. The molecule has 0 aromatic rings. The van der Waals surface area contributed by atoms with E-state index >= 15 is 0 Å². The Kier molecular flexibility index (Phi) is 331. The van der Waals surface area contributed by atoms with E-state index in [1.54, 1.807) is 0 Å². The topological polar surface area (TPSA) is 351 Å². The molecule has 0 aromatic carbocycles. The van der Waals surface area contributed by atoms with Crippen LogP contribution in [0.4, 0.5) is 0 Å². The maximum atomic E-state index is 9.10. The number of carbonyl (C=O) groups is 2. The number of hydrogen-bond donors (Lipinski definition) is 2. The van der Waals surface area contributed by atoms with Crippen LogP contribution >= 0.6 is 0 Å². The Morgan fingerprint density at radius 3 is 0.353 bits per heavy atom. The third-order valence-corrected chi connectivity index (χ3v) is 0.183. The predicted octanol–water partition coefficient (Wildman–Crippen LogP) is -52.6. The second-order valence-electron chi connectivity index (χ2n) is 1.77. The van der Waals surface area contributed by atoms with Gasteiger partial charge in [-0.3, -0.25) is 29.3 Å². The van der Waals surface area contributed by atoms with Gasteiger partial charge in [0.15, 0.2) is 0 Å². The maximum absolute atomic E-state index is 9.10. The van der Waals surface area contributed by atoms with Gasteiger partial charge in [-0.2, -0.15) is 0 Å². The molecule has 0 fully saturated rings. The molecule has 34 heavy (non-hydrogen) atoms. The quantitative estimate of drug-likeness (QED) is 0.277. The van der Waals surface area contributed by atoms with E-state index in [0.29, 0.717) is 0 Å². The van der Waals surface area contributed by atoms with Crippen LogP contribution in [-0.2, 0) is 9.59 Å². The number of carboxylic acids is 2. The standard InChI is InChI=1S/C2H2O4.4BO3.12Li/c3-1(4)2(5)6;4*2-1(3)4;;;;;;;;;;;;/h(H,3,4)(H,5,6);;;;;;;;;;;;;;;;/q;4*-3;12*+1. The van der Waals surface area contributed by atoms with Crippen LogP contribution in [0.1, 0.15) is 0 Å². The Morgan fingerprint density at radius 1 is 0.324 bits per heavy atom. The van der Waals surface area contributed by atoms with Crippen molar-refractivity contribution in [3.05, 3.63) is 0 Å². The third-order valence-electron chi connectivity index (χ3n) is 0.183. The molecular weight excluding hydrogens is 407 g/mol. The number of hydrogen-bond acceptors (Lipinski definition) is 14. The Balaban J connectivity index is -0.00000000656. The molecule has 0 amide bonds. The van der Waals surface area contributed by atoms with Gasteiger partial charge in [-0.1, -0.05) is 0 Å². The third kappa shape index (κ3) is 527. The fraction of sp³-hybridized carbons (Fsp3) is 0. The van der Waals surface area contributed by atoms with Crippen molar-refractivity contribution < 1.29 is 306 Å². The molecule has 0 atom stereocenters. The van der Waals surface area contributed by atoms with E-state index in [0.717, 1.165) is 0 Å². The summed E-state index contributed by atoms with van der Waals surface area (Å²) < 4.78 is 0. The summed E-state index contributed by atoms with van der Waals surface area (Å²) in [6.07, 6.45) is 0. The molecule has 130 valence electrons. The van der Waals surface area contributed by atoms with Crippen LogP contribution < -0.4 is 287 Å². The van der Waals surface area contributed by atoms with Gasteiger partial charge >= 0.3 is 238 Å². The summed E-state index contributed by atoms with van der Waals surface area (Å²) in [7, 11) is -11.7. The smallest absolute Gasteiger partial charge is 0.907 e. The second-order valence-corrected chi connectivity index (χ2v) is 1.77. The zero-order chi connectivity index (χ0) is 19.5. The average molecular weight is 409 g/mol. The molecule has 0 unspecified atom stereocenters. The van der Waals surface area contributed by atoms with Crippen LogP contribution in [-0.4, -0.2) is 51.4 Å². The summed E-state index contributed by atoms with van der Waals surface area (Å²) in [5, 5.41) is 116. The van der Waals surface area contributed by atoms with Crippen LogP contribution in [0.2, 0.25) is 0 Å². The van der Waals surface area contributed by atoms with E-state index in [4.69, 9.17) is 80.1 Å².